The number of aryl methyl sites for hydroxylation is 2. The first-order valence-electron chi connectivity index (χ1n) is 6.65. The number of carboxylic acid groups (broad SMARTS) is 1. The van der Waals surface area contributed by atoms with E-state index in [0.717, 1.165) is 11.1 Å². The van der Waals surface area contributed by atoms with Gasteiger partial charge in [0.05, 0.1) is 16.1 Å². The molecule has 0 atom stereocenters. The number of benzene rings is 2. The van der Waals surface area contributed by atoms with E-state index in [9.17, 15) is 13.2 Å². The monoisotopic (exact) mass is 319 g/mol. The van der Waals surface area contributed by atoms with Crippen LogP contribution in [0.4, 0.5) is 5.69 Å². The van der Waals surface area contributed by atoms with Crippen LogP contribution in [0.3, 0.4) is 0 Å². The van der Waals surface area contributed by atoms with Crippen LogP contribution in [0, 0.1) is 20.8 Å². The average Bonchev–Trinajstić information content (AvgIpc) is 2.43. The van der Waals surface area contributed by atoms with E-state index in [2.05, 4.69) is 4.72 Å². The second kappa shape index (κ2) is 5.81. The van der Waals surface area contributed by atoms with Crippen LogP contribution in [-0.4, -0.2) is 19.5 Å². The van der Waals surface area contributed by atoms with Crippen molar-refractivity contribution in [2.45, 2.75) is 25.7 Å². The number of hydrogen-bond acceptors (Lipinski definition) is 3. The van der Waals surface area contributed by atoms with Crippen LogP contribution in [0.5, 0.6) is 0 Å². The van der Waals surface area contributed by atoms with Gasteiger partial charge in [-0.05, 0) is 55.7 Å². The Hall–Kier alpha value is -2.34. The zero-order valence-corrected chi connectivity index (χ0v) is 13.4. The van der Waals surface area contributed by atoms with Crippen LogP contribution in [-0.2, 0) is 10.0 Å². The summed E-state index contributed by atoms with van der Waals surface area (Å²) < 4.78 is 27.4. The molecule has 0 saturated carbocycles. The summed E-state index contributed by atoms with van der Waals surface area (Å²) in [5, 5.41) is 9.11. The normalized spacial score (nSPS) is 11.2. The molecule has 0 spiro atoms. The van der Waals surface area contributed by atoms with E-state index in [-0.39, 0.29) is 10.5 Å². The summed E-state index contributed by atoms with van der Waals surface area (Å²) in [5.41, 5.74) is 2.77. The molecule has 0 aliphatic rings. The van der Waals surface area contributed by atoms with E-state index in [1.807, 2.05) is 19.9 Å². The van der Waals surface area contributed by atoms with Gasteiger partial charge in [-0.1, -0.05) is 18.2 Å². The van der Waals surface area contributed by atoms with Gasteiger partial charge in [-0.2, -0.15) is 0 Å². The lowest BCUT2D eigenvalue weighted by Crippen LogP contribution is -2.15. The van der Waals surface area contributed by atoms with Crippen molar-refractivity contribution in [1.29, 1.82) is 0 Å². The number of rotatable bonds is 4. The van der Waals surface area contributed by atoms with E-state index in [0.29, 0.717) is 11.3 Å². The van der Waals surface area contributed by atoms with Crippen LogP contribution in [0.1, 0.15) is 27.0 Å². The van der Waals surface area contributed by atoms with Crippen molar-refractivity contribution in [2.24, 2.45) is 0 Å². The Balaban J connectivity index is 2.45. The van der Waals surface area contributed by atoms with Gasteiger partial charge in [-0.15, -0.1) is 0 Å². The topological polar surface area (TPSA) is 83.5 Å². The third kappa shape index (κ3) is 3.12. The van der Waals surface area contributed by atoms with Gasteiger partial charge < -0.3 is 5.11 Å². The van der Waals surface area contributed by atoms with Gasteiger partial charge >= 0.3 is 5.97 Å². The molecule has 2 aromatic rings. The minimum absolute atomic E-state index is 0.0242. The fourth-order valence-electron chi connectivity index (χ4n) is 2.06. The Labute approximate surface area is 129 Å². The predicted molar refractivity (Wildman–Crippen MR) is 84.9 cm³/mol. The van der Waals surface area contributed by atoms with Gasteiger partial charge in [0.15, 0.2) is 0 Å². The Morgan fingerprint density at radius 2 is 1.73 bits per heavy atom. The Bertz CT molecular complexity index is 841. The zero-order chi connectivity index (χ0) is 16.5. The molecule has 0 bridgehead atoms. The second-order valence-corrected chi connectivity index (χ2v) is 6.82. The summed E-state index contributed by atoms with van der Waals surface area (Å²) in [7, 11) is -3.84. The first kappa shape index (κ1) is 16.0. The van der Waals surface area contributed by atoms with Crippen molar-refractivity contribution < 1.29 is 18.3 Å². The number of carboxylic acids is 1. The van der Waals surface area contributed by atoms with Gasteiger partial charge in [-0.3, -0.25) is 4.72 Å². The highest BCUT2D eigenvalue weighted by molar-refractivity contribution is 7.92. The standard InChI is InChI=1S/C16H17NO4S/c1-10-5-4-6-15(12(10)3)17-22(20,21)13-8-7-11(2)14(9-13)16(18)19/h4-9,17H,1-3H3,(H,18,19). The SMILES string of the molecule is Cc1ccc(S(=O)(=O)Nc2cccc(C)c2C)cc1C(=O)O. The summed E-state index contributed by atoms with van der Waals surface area (Å²) in [4.78, 5) is 11.1. The minimum atomic E-state index is -3.84. The van der Waals surface area contributed by atoms with Crippen molar-refractivity contribution in [2.75, 3.05) is 4.72 Å². The van der Waals surface area contributed by atoms with Gasteiger partial charge in [-0.25, -0.2) is 13.2 Å². The van der Waals surface area contributed by atoms with Crippen LogP contribution >= 0.6 is 0 Å². The number of aromatic carboxylic acids is 1. The number of sulfonamides is 1. The second-order valence-electron chi connectivity index (χ2n) is 5.13. The van der Waals surface area contributed by atoms with Crippen LogP contribution in [0.2, 0.25) is 0 Å². The Morgan fingerprint density at radius 3 is 2.36 bits per heavy atom. The molecule has 2 rings (SSSR count). The maximum absolute atomic E-state index is 12.4. The lowest BCUT2D eigenvalue weighted by Gasteiger charge is -2.13. The van der Waals surface area contributed by atoms with Crippen LogP contribution in [0.15, 0.2) is 41.3 Å². The molecule has 0 aliphatic heterocycles. The molecule has 0 aromatic heterocycles. The molecule has 0 saturated heterocycles. The zero-order valence-electron chi connectivity index (χ0n) is 12.5. The first-order valence-corrected chi connectivity index (χ1v) is 8.13. The molecule has 5 nitrogen and oxygen atoms in total. The van der Waals surface area contributed by atoms with E-state index in [1.165, 1.54) is 18.2 Å². The molecule has 0 radical (unpaired) electrons. The number of anilines is 1. The third-order valence-corrected chi connectivity index (χ3v) is 4.96. The largest absolute Gasteiger partial charge is 0.478 e. The third-order valence-electron chi connectivity index (χ3n) is 3.60. The highest BCUT2D eigenvalue weighted by Crippen LogP contribution is 2.23. The summed E-state index contributed by atoms with van der Waals surface area (Å²) >= 11 is 0. The molecule has 2 aromatic carbocycles. The quantitative estimate of drug-likeness (QED) is 0.907. The fourth-order valence-corrected chi connectivity index (χ4v) is 3.21. The molecule has 116 valence electrons. The molecule has 2 N–H and O–H groups in total. The Kier molecular flexibility index (Phi) is 4.23. The van der Waals surface area contributed by atoms with Crippen LogP contribution < -0.4 is 4.72 Å². The Morgan fingerprint density at radius 1 is 1.05 bits per heavy atom. The summed E-state index contributed by atoms with van der Waals surface area (Å²) in [6.07, 6.45) is 0. The molecular formula is C16H17NO4S. The maximum Gasteiger partial charge on any atom is 0.335 e. The van der Waals surface area contributed by atoms with E-state index in [1.54, 1.807) is 19.1 Å². The molecule has 0 aliphatic carbocycles. The van der Waals surface area contributed by atoms with E-state index >= 15 is 0 Å². The van der Waals surface area contributed by atoms with Gasteiger partial charge in [0.1, 0.15) is 0 Å². The van der Waals surface area contributed by atoms with Crippen molar-refractivity contribution in [3.63, 3.8) is 0 Å². The number of hydrogen-bond donors (Lipinski definition) is 2. The highest BCUT2D eigenvalue weighted by Gasteiger charge is 2.18. The van der Waals surface area contributed by atoms with Gasteiger partial charge in [0.25, 0.3) is 10.0 Å². The lowest BCUT2D eigenvalue weighted by atomic mass is 10.1. The van der Waals surface area contributed by atoms with Crippen molar-refractivity contribution in [3.05, 3.63) is 58.7 Å². The predicted octanol–water partition coefficient (Wildman–Crippen LogP) is 3.11. The van der Waals surface area contributed by atoms with E-state index in [4.69, 9.17) is 5.11 Å². The summed E-state index contributed by atoms with van der Waals surface area (Å²) in [5.74, 6) is -1.15. The average molecular weight is 319 g/mol. The van der Waals surface area contributed by atoms with Gasteiger partial charge in [0.2, 0.25) is 0 Å². The number of carbonyl (C=O) groups is 1. The summed E-state index contributed by atoms with van der Waals surface area (Å²) in [6, 6.07) is 9.38. The van der Waals surface area contributed by atoms with Crippen LogP contribution in [0.25, 0.3) is 0 Å². The molecule has 0 unspecified atom stereocenters. The number of nitrogens with one attached hydrogen (secondary N) is 1. The molecule has 0 amide bonds. The maximum atomic E-state index is 12.4. The first-order chi connectivity index (χ1) is 10.2. The highest BCUT2D eigenvalue weighted by atomic mass is 32.2. The lowest BCUT2D eigenvalue weighted by molar-refractivity contribution is 0.0696. The minimum Gasteiger partial charge on any atom is -0.478 e. The van der Waals surface area contributed by atoms with Crippen molar-refractivity contribution >= 4 is 21.7 Å². The molecule has 0 fully saturated rings. The van der Waals surface area contributed by atoms with E-state index < -0.39 is 16.0 Å². The van der Waals surface area contributed by atoms with Crippen molar-refractivity contribution in [1.82, 2.24) is 0 Å². The van der Waals surface area contributed by atoms with Gasteiger partial charge in [0, 0.05) is 0 Å². The molecule has 6 heteroatoms. The molecular weight excluding hydrogens is 302 g/mol. The fraction of sp³-hybridized carbons (Fsp3) is 0.188. The molecule has 0 heterocycles. The molecule has 22 heavy (non-hydrogen) atoms. The summed E-state index contributed by atoms with van der Waals surface area (Å²) in [6.45, 7) is 5.34. The smallest absolute Gasteiger partial charge is 0.335 e. The van der Waals surface area contributed by atoms with Crippen molar-refractivity contribution in [3.8, 4) is 0 Å².